The Hall–Kier alpha value is -4.54. The molecule has 6 rings (SSSR count). The van der Waals surface area contributed by atoms with Crippen LogP contribution in [0.2, 0.25) is 0 Å². The van der Waals surface area contributed by atoms with E-state index in [2.05, 4.69) is 20.9 Å². The van der Waals surface area contributed by atoms with Gasteiger partial charge < -0.3 is 9.47 Å². The number of benzene rings is 3. The van der Waals surface area contributed by atoms with Crippen molar-refractivity contribution in [3.05, 3.63) is 132 Å². The SMILES string of the molecule is COC(=O)C1=C(C)N=c2sc(=Cc3cn(-c4ccccc4)nc3-c3ccc(Br)cc3)c(=O)n2C1c1ccc(OC)cc1. The molecule has 10 heteroatoms. The summed E-state index contributed by atoms with van der Waals surface area (Å²) in [6, 6.07) is 24.3. The van der Waals surface area contributed by atoms with Crippen molar-refractivity contribution in [2.24, 2.45) is 4.99 Å². The molecule has 42 heavy (non-hydrogen) atoms. The van der Waals surface area contributed by atoms with Crippen LogP contribution < -0.4 is 19.6 Å². The first-order valence-corrected chi connectivity index (χ1v) is 14.6. The second-order valence-electron chi connectivity index (χ2n) is 9.57. The van der Waals surface area contributed by atoms with E-state index in [0.717, 1.165) is 32.5 Å². The zero-order chi connectivity index (χ0) is 29.4. The van der Waals surface area contributed by atoms with E-state index in [1.165, 1.54) is 18.4 Å². The van der Waals surface area contributed by atoms with Gasteiger partial charge >= 0.3 is 5.97 Å². The van der Waals surface area contributed by atoms with Gasteiger partial charge in [-0.2, -0.15) is 5.10 Å². The van der Waals surface area contributed by atoms with Crippen molar-refractivity contribution < 1.29 is 14.3 Å². The molecule has 5 aromatic rings. The lowest BCUT2D eigenvalue weighted by Gasteiger charge is -2.24. The van der Waals surface area contributed by atoms with Crippen LogP contribution in [0.4, 0.5) is 0 Å². The zero-order valence-corrected chi connectivity index (χ0v) is 25.3. The van der Waals surface area contributed by atoms with Crippen LogP contribution in [0, 0.1) is 0 Å². The minimum Gasteiger partial charge on any atom is -0.497 e. The Morgan fingerprint density at radius 1 is 1.00 bits per heavy atom. The molecule has 210 valence electrons. The Balaban J connectivity index is 1.56. The van der Waals surface area contributed by atoms with Crippen LogP contribution in [0.25, 0.3) is 23.0 Å². The zero-order valence-electron chi connectivity index (χ0n) is 22.9. The number of allylic oxidation sites excluding steroid dienone is 1. The second-order valence-corrected chi connectivity index (χ2v) is 11.5. The van der Waals surface area contributed by atoms with Crippen molar-refractivity contribution in [3.63, 3.8) is 0 Å². The lowest BCUT2D eigenvalue weighted by molar-refractivity contribution is -0.136. The van der Waals surface area contributed by atoms with E-state index >= 15 is 0 Å². The molecule has 0 saturated heterocycles. The van der Waals surface area contributed by atoms with Gasteiger partial charge in [0.2, 0.25) is 0 Å². The van der Waals surface area contributed by atoms with E-state index in [1.807, 2.05) is 79.0 Å². The van der Waals surface area contributed by atoms with E-state index in [9.17, 15) is 9.59 Å². The highest BCUT2D eigenvalue weighted by atomic mass is 79.9. The van der Waals surface area contributed by atoms with Gasteiger partial charge in [-0.15, -0.1) is 0 Å². The second kappa shape index (κ2) is 11.4. The molecule has 2 aromatic heterocycles. The van der Waals surface area contributed by atoms with Crippen LogP contribution in [0.1, 0.15) is 24.1 Å². The van der Waals surface area contributed by atoms with Crippen LogP contribution in [-0.2, 0) is 9.53 Å². The first-order chi connectivity index (χ1) is 20.4. The number of fused-ring (bicyclic) bond motifs is 1. The van der Waals surface area contributed by atoms with Gasteiger partial charge in [0, 0.05) is 21.8 Å². The molecule has 0 spiro atoms. The monoisotopic (exact) mass is 640 g/mol. The molecule has 0 fully saturated rings. The van der Waals surface area contributed by atoms with Crippen molar-refractivity contribution in [2.45, 2.75) is 13.0 Å². The lowest BCUT2D eigenvalue weighted by Crippen LogP contribution is -2.39. The van der Waals surface area contributed by atoms with Crippen molar-refractivity contribution in [1.82, 2.24) is 14.3 Å². The first-order valence-electron chi connectivity index (χ1n) is 13.0. The van der Waals surface area contributed by atoms with Crippen LogP contribution in [-0.4, -0.2) is 34.5 Å². The molecule has 1 unspecified atom stereocenters. The highest BCUT2D eigenvalue weighted by Gasteiger charge is 2.33. The van der Waals surface area contributed by atoms with Crippen molar-refractivity contribution in [3.8, 4) is 22.7 Å². The number of hydrogen-bond acceptors (Lipinski definition) is 7. The number of methoxy groups -OCH3 is 2. The molecule has 0 saturated carbocycles. The molecule has 0 bridgehead atoms. The molecule has 1 atom stereocenters. The standard InChI is InChI=1S/C32H25BrN4O4S/c1-19-27(31(39)41-3)29(21-11-15-25(40-2)16-12-21)37-30(38)26(42-32(37)34-19)17-22-18-36(24-7-5-4-6-8-24)35-28(22)20-9-13-23(33)14-10-20/h4-18,29H,1-3H3. The number of carbonyl (C=O) groups excluding carboxylic acids is 1. The Morgan fingerprint density at radius 3 is 2.38 bits per heavy atom. The molecule has 1 aliphatic heterocycles. The molecular formula is C32H25BrN4O4S. The number of esters is 1. The summed E-state index contributed by atoms with van der Waals surface area (Å²) in [6.07, 6.45) is 3.76. The highest BCUT2D eigenvalue weighted by molar-refractivity contribution is 9.10. The molecular weight excluding hydrogens is 616 g/mol. The van der Waals surface area contributed by atoms with Gasteiger partial charge in [0.15, 0.2) is 4.80 Å². The van der Waals surface area contributed by atoms with Gasteiger partial charge in [0.1, 0.15) is 5.75 Å². The maximum Gasteiger partial charge on any atom is 0.338 e. The number of para-hydroxylation sites is 1. The van der Waals surface area contributed by atoms with Gasteiger partial charge in [-0.1, -0.05) is 69.7 Å². The summed E-state index contributed by atoms with van der Waals surface area (Å²) in [4.78, 5) is 32.2. The normalized spacial score (nSPS) is 14.9. The van der Waals surface area contributed by atoms with Crippen LogP contribution in [0.15, 0.2) is 111 Å². The fraction of sp³-hybridized carbons (Fsp3) is 0.125. The summed E-state index contributed by atoms with van der Waals surface area (Å²) in [6.45, 7) is 1.76. The molecule has 1 aliphatic rings. The topological polar surface area (TPSA) is 87.7 Å². The Morgan fingerprint density at radius 2 is 1.71 bits per heavy atom. The summed E-state index contributed by atoms with van der Waals surface area (Å²) in [5, 5.41) is 4.89. The lowest BCUT2D eigenvalue weighted by atomic mass is 9.96. The van der Waals surface area contributed by atoms with Crippen LogP contribution in [0.5, 0.6) is 5.75 Å². The van der Waals surface area contributed by atoms with E-state index in [0.29, 0.717) is 26.4 Å². The molecule has 0 N–H and O–H groups in total. The number of rotatable bonds is 6. The van der Waals surface area contributed by atoms with Crippen molar-refractivity contribution in [1.29, 1.82) is 0 Å². The van der Waals surface area contributed by atoms with E-state index in [-0.39, 0.29) is 5.56 Å². The molecule has 3 heterocycles. The predicted molar refractivity (Wildman–Crippen MR) is 165 cm³/mol. The van der Waals surface area contributed by atoms with Crippen molar-refractivity contribution >= 4 is 39.3 Å². The number of ether oxygens (including phenoxy) is 2. The first kappa shape index (κ1) is 27.6. The Labute approximate surface area is 253 Å². The largest absolute Gasteiger partial charge is 0.497 e. The maximum absolute atomic E-state index is 14.1. The van der Waals surface area contributed by atoms with Gasteiger partial charge in [-0.25, -0.2) is 14.5 Å². The van der Waals surface area contributed by atoms with Crippen LogP contribution >= 0.6 is 27.3 Å². The molecule has 8 nitrogen and oxygen atoms in total. The number of thiazole rings is 1. The fourth-order valence-electron chi connectivity index (χ4n) is 4.97. The number of carbonyl (C=O) groups is 1. The number of halogens is 1. The van der Waals surface area contributed by atoms with Gasteiger partial charge in [-0.05, 0) is 55.0 Å². The predicted octanol–water partition coefficient (Wildman–Crippen LogP) is 5.03. The van der Waals surface area contributed by atoms with Crippen molar-refractivity contribution in [2.75, 3.05) is 14.2 Å². The maximum atomic E-state index is 14.1. The number of nitrogens with zero attached hydrogens (tertiary/aromatic N) is 4. The summed E-state index contributed by atoms with van der Waals surface area (Å²) in [7, 11) is 2.91. The van der Waals surface area contributed by atoms with E-state index in [4.69, 9.17) is 14.6 Å². The van der Waals surface area contributed by atoms with Gasteiger partial charge in [-0.3, -0.25) is 9.36 Å². The minimum absolute atomic E-state index is 0.261. The minimum atomic E-state index is -0.709. The average Bonchev–Trinajstić information content (AvgIpc) is 3.57. The van der Waals surface area contributed by atoms with E-state index in [1.54, 1.807) is 35.4 Å². The molecule has 0 amide bonds. The number of aromatic nitrogens is 3. The quantitative estimate of drug-likeness (QED) is 0.243. The Kier molecular flexibility index (Phi) is 7.49. The summed E-state index contributed by atoms with van der Waals surface area (Å²) in [5.74, 6) is 0.135. The summed E-state index contributed by atoms with van der Waals surface area (Å²) < 4.78 is 15.2. The molecule has 3 aromatic carbocycles. The summed E-state index contributed by atoms with van der Waals surface area (Å²) in [5.41, 5.74) is 4.61. The number of hydrogen-bond donors (Lipinski definition) is 0. The molecule has 0 aliphatic carbocycles. The fourth-order valence-corrected chi connectivity index (χ4v) is 6.28. The van der Waals surface area contributed by atoms with E-state index < -0.39 is 12.0 Å². The Bertz CT molecular complexity index is 2010. The van der Waals surface area contributed by atoms with Gasteiger partial charge in [0.05, 0.1) is 47.4 Å². The summed E-state index contributed by atoms with van der Waals surface area (Å²) >= 11 is 4.77. The third kappa shape index (κ3) is 5.03. The third-order valence-corrected chi connectivity index (χ3v) is 8.54. The van der Waals surface area contributed by atoms with Crippen LogP contribution in [0.3, 0.4) is 0 Å². The highest BCUT2D eigenvalue weighted by Crippen LogP contribution is 2.32. The van der Waals surface area contributed by atoms with Gasteiger partial charge in [0.25, 0.3) is 5.56 Å². The smallest absolute Gasteiger partial charge is 0.338 e. The average molecular weight is 642 g/mol. The molecule has 0 radical (unpaired) electrons. The third-order valence-electron chi connectivity index (χ3n) is 7.03.